The van der Waals surface area contributed by atoms with Crippen LogP contribution < -0.4 is 10.6 Å². The van der Waals surface area contributed by atoms with Gasteiger partial charge in [0.1, 0.15) is 0 Å². The van der Waals surface area contributed by atoms with E-state index in [1.54, 1.807) is 19.3 Å². The average Bonchev–Trinajstić information content (AvgIpc) is 2.97. The minimum absolute atomic E-state index is 0.00289. The Morgan fingerprint density at radius 2 is 1.84 bits per heavy atom. The SMILES string of the molecule is Cc1c(O)n(-c2ccc(SC(F)(F)F)cc2)c(=O)n1Cc1ccncc1N1CCOCC1. The second-order valence-corrected chi connectivity index (χ2v) is 8.40. The Morgan fingerprint density at radius 3 is 2.50 bits per heavy atom. The van der Waals surface area contributed by atoms with Gasteiger partial charge in [0, 0.05) is 24.2 Å². The van der Waals surface area contributed by atoms with Crippen molar-refractivity contribution in [3.8, 4) is 11.6 Å². The molecular formula is C21H21F3N4O3S. The van der Waals surface area contributed by atoms with Crippen LogP contribution in [0.15, 0.2) is 52.4 Å². The zero-order valence-corrected chi connectivity index (χ0v) is 18.0. The first-order valence-electron chi connectivity index (χ1n) is 9.87. The molecule has 170 valence electrons. The lowest BCUT2D eigenvalue weighted by molar-refractivity contribution is -0.0328. The molecule has 1 aromatic carbocycles. The van der Waals surface area contributed by atoms with Crippen LogP contribution in [0.4, 0.5) is 18.9 Å². The first-order chi connectivity index (χ1) is 15.2. The van der Waals surface area contributed by atoms with Gasteiger partial charge in [-0.15, -0.1) is 0 Å². The van der Waals surface area contributed by atoms with E-state index in [1.165, 1.54) is 28.8 Å². The molecule has 3 heterocycles. The number of aromatic hydroxyl groups is 1. The lowest BCUT2D eigenvalue weighted by atomic mass is 10.2. The van der Waals surface area contributed by atoms with Gasteiger partial charge in [0.15, 0.2) is 0 Å². The summed E-state index contributed by atoms with van der Waals surface area (Å²) in [7, 11) is 0. The van der Waals surface area contributed by atoms with Crippen molar-refractivity contribution in [2.24, 2.45) is 0 Å². The van der Waals surface area contributed by atoms with E-state index < -0.39 is 11.2 Å². The molecule has 0 spiro atoms. The molecule has 3 aromatic rings. The first kappa shape index (κ1) is 22.3. The normalized spacial score (nSPS) is 14.7. The predicted octanol–water partition coefficient (Wildman–Crippen LogP) is 3.54. The summed E-state index contributed by atoms with van der Waals surface area (Å²) >= 11 is -0.236. The fourth-order valence-electron chi connectivity index (χ4n) is 3.66. The van der Waals surface area contributed by atoms with E-state index in [9.17, 15) is 23.1 Å². The van der Waals surface area contributed by atoms with Gasteiger partial charge in [0.2, 0.25) is 5.88 Å². The number of alkyl halides is 3. The van der Waals surface area contributed by atoms with E-state index in [0.29, 0.717) is 32.0 Å². The highest BCUT2D eigenvalue weighted by molar-refractivity contribution is 8.00. The lowest BCUT2D eigenvalue weighted by Gasteiger charge is -2.30. The Hall–Kier alpha value is -2.92. The van der Waals surface area contributed by atoms with Gasteiger partial charge in [-0.05, 0) is 54.6 Å². The molecule has 11 heteroatoms. The van der Waals surface area contributed by atoms with Crippen LogP contribution in [-0.2, 0) is 11.3 Å². The summed E-state index contributed by atoms with van der Waals surface area (Å²) in [6, 6.07) is 7.13. The number of thioether (sulfide) groups is 1. The highest BCUT2D eigenvalue weighted by Crippen LogP contribution is 2.37. The molecule has 1 saturated heterocycles. The summed E-state index contributed by atoms with van der Waals surface area (Å²) < 4.78 is 45.6. The molecule has 0 atom stereocenters. The number of aromatic nitrogens is 3. The zero-order valence-electron chi connectivity index (χ0n) is 17.2. The number of nitrogens with zero attached hydrogens (tertiary/aromatic N) is 4. The molecule has 1 fully saturated rings. The van der Waals surface area contributed by atoms with Crippen LogP contribution in [0.2, 0.25) is 0 Å². The Labute approximate surface area is 186 Å². The number of morpholine rings is 1. The summed E-state index contributed by atoms with van der Waals surface area (Å²) in [5.41, 5.74) is -2.49. The van der Waals surface area contributed by atoms with Gasteiger partial charge in [0.25, 0.3) is 0 Å². The summed E-state index contributed by atoms with van der Waals surface area (Å²) in [5, 5.41) is 10.6. The zero-order chi connectivity index (χ0) is 22.9. The molecule has 0 bridgehead atoms. The Balaban J connectivity index is 1.66. The smallest absolute Gasteiger partial charge is 0.446 e. The van der Waals surface area contributed by atoms with Crippen LogP contribution in [0.1, 0.15) is 11.3 Å². The molecule has 0 aliphatic carbocycles. The van der Waals surface area contributed by atoms with E-state index >= 15 is 0 Å². The third kappa shape index (κ3) is 4.63. The number of halogens is 3. The molecule has 1 aliphatic rings. The highest BCUT2D eigenvalue weighted by atomic mass is 32.2. The fourth-order valence-corrected chi connectivity index (χ4v) is 4.20. The molecular weight excluding hydrogens is 445 g/mol. The molecule has 2 aromatic heterocycles. The molecule has 0 amide bonds. The van der Waals surface area contributed by atoms with Crippen molar-refractivity contribution in [3.63, 3.8) is 0 Å². The van der Waals surface area contributed by atoms with E-state index in [2.05, 4.69) is 9.88 Å². The van der Waals surface area contributed by atoms with Crippen molar-refractivity contribution >= 4 is 17.4 Å². The van der Waals surface area contributed by atoms with Crippen LogP contribution in [0.5, 0.6) is 5.88 Å². The number of imidazole rings is 1. The van der Waals surface area contributed by atoms with Crippen molar-refractivity contribution in [2.45, 2.75) is 23.9 Å². The molecule has 32 heavy (non-hydrogen) atoms. The molecule has 0 radical (unpaired) electrons. The van der Waals surface area contributed by atoms with E-state index in [-0.39, 0.29) is 34.8 Å². The van der Waals surface area contributed by atoms with Crippen molar-refractivity contribution in [3.05, 3.63) is 64.5 Å². The van der Waals surface area contributed by atoms with Crippen LogP contribution in [0.3, 0.4) is 0 Å². The second-order valence-electron chi connectivity index (χ2n) is 7.26. The fraction of sp³-hybridized carbons (Fsp3) is 0.333. The standard InChI is InChI=1S/C21H21F3N4O3S/c1-14-19(29)28(16-2-4-17(5-3-16)32-21(22,23)24)20(30)27(14)13-15-6-7-25-12-18(15)26-8-10-31-11-9-26/h2-7,12,29H,8-11,13H2,1H3. The largest absolute Gasteiger partial charge is 0.493 e. The number of pyridine rings is 1. The summed E-state index contributed by atoms with van der Waals surface area (Å²) in [6.45, 7) is 4.46. The van der Waals surface area contributed by atoms with Gasteiger partial charge in [-0.25, -0.2) is 9.36 Å². The maximum Gasteiger partial charge on any atom is 0.446 e. The predicted molar refractivity (Wildman–Crippen MR) is 115 cm³/mol. The molecule has 1 N–H and O–H groups in total. The maximum atomic E-state index is 13.1. The lowest BCUT2D eigenvalue weighted by Crippen LogP contribution is -2.37. The minimum Gasteiger partial charge on any atom is -0.493 e. The number of ether oxygens (including phenoxy) is 1. The molecule has 1 aliphatic heterocycles. The van der Waals surface area contributed by atoms with Crippen LogP contribution >= 0.6 is 11.8 Å². The van der Waals surface area contributed by atoms with Crippen molar-refractivity contribution in [1.29, 1.82) is 0 Å². The number of benzene rings is 1. The van der Waals surface area contributed by atoms with Crippen LogP contribution in [0, 0.1) is 6.92 Å². The topological polar surface area (TPSA) is 72.5 Å². The molecule has 4 rings (SSSR count). The van der Waals surface area contributed by atoms with Gasteiger partial charge in [-0.3, -0.25) is 9.55 Å². The van der Waals surface area contributed by atoms with Crippen molar-refractivity contribution in [1.82, 2.24) is 14.1 Å². The second kappa shape index (κ2) is 8.91. The maximum absolute atomic E-state index is 13.1. The molecule has 0 saturated carbocycles. The van der Waals surface area contributed by atoms with Gasteiger partial charge in [0.05, 0.1) is 43.0 Å². The summed E-state index contributed by atoms with van der Waals surface area (Å²) in [6.07, 6.45) is 3.39. The minimum atomic E-state index is -4.40. The Kier molecular flexibility index (Phi) is 6.20. The van der Waals surface area contributed by atoms with Gasteiger partial charge >= 0.3 is 11.2 Å². The van der Waals surface area contributed by atoms with Crippen LogP contribution in [0.25, 0.3) is 5.69 Å². The third-order valence-corrected chi connectivity index (χ3v) is 6.00. The van der Waals surface area contributed by atoms with E-state index in [0.717, 1.165) is 15.8 Å². The highest BCUT2D eigenvalue weighted by Gasteiger charge is 2.29. The number of rotatable bonds is 5. The number of anilines is 1. The average molecular weight is 466 g/mol. The van der Waals surface area contributed by atoms with E-state index in [4.69, 9.17) is 4.74 Å². The quantitative estimate of drug-likeness (QED) is 0.580. The Morgan fingerprint density at radius 1 is 1.16 bits per heavy atom. The summed E-state index contributed by atoms with van der Waals surface area (Å²) in [5.74, 6) is -0.256. The van der Waals surface area contributed by atoms with Gasteiger partial charge in [-0.1, -0.05) is 0 Å². The van der Waals surface area contributed by atoms with Gasteiger partial charge < -0.3 is 14.7 Å². The Bertz CT molecular complexity index is 1150. The summed E-state index contributed by atoms with van der Waals surface area (Å²) in [4.78, 5) is 19.5. The monoisotopic (exact) mass is 466 g/mol. The molecule has 7 nitrogen and oxygen atoms in total. The van der Waals surface area contributed by atoms with Crippen molar-refractivity contribution in [2.75, 3.05) is 31.2 Å². The van der Waals surface area contributed by atoms with Crippen LogP contribution in [-0.4, -0.2) is 51.0 Å². The number of hydrogen-bond donors (Lipinski definition) is 1. The van der Waals surface area contributed by atoms with E-state index in [1.807, 2.05) is 6.07 Å². The number of hydrogen-bond acceptors (Lipinski definition) is 6. The van der Waals surface area contributed by atoms with Crippen molar-refractivity contribution < 1.29 is 23.0 Å². The third-order valence-electron chi connectivity index (χ3n) is 5.26. The molecule has 0 unspecified atom stereocenters. The first-order valence-corrected chi connectivity index (χ1v) is 10.7. The van der Waals surface area contributed by atoms with Gasteiger partial charge in [-0.2, -0.15) is 13.2 Å².